The Hall–Kier alpha value is -2.05. The van der Waals surface area contributed by atoms with Crippen LogP contribution < -0.4 is 5.73 Å². The van der Waals surface area contributed by atoms with Crippen molar-refractivity contribution < 1.29 is 13.2 Å². The fourth-order valence-electron chi connectivity index (χ4n) is 1.33. The molecular formula is C9H7F3N4. The van der Waals surface area contributed by atoms with Gasteiger partial charge < -0.3 is 10.7 Å². The first kappa shape index (κ1) is 10.5. The number of halogens is 3. The van der Waals surface area contributed by atoms with Crippen molar-refractivity contribution in [2.45, 2.75) is 6.18 Å². The van der Waals surface area contributed by atoms with Crippen molar-refractivity contribution in [3.63, 3.8) is 0 Å². The Kier molecular flexibility index (Phi) is 2.30. The van der Waals surface area contributed by atoms with Gasteiger partial charge in [0, 0.05) is 18.0 Å². The zero-order chi connectivity index (χ0) is 11.8. The fourth-order valence-corrected chi connectivity index (χ4v) is 1.33. The zero-order valence-corrected chi connectivity index (χ0v) is 7.92. The first-order valence-corrected chi connectivity index (χ1v) is 4.30. The summed E-state index contributed by atoms with van der Waals surface area (Å²) in [6, 6.07) is 0.909. The molecule has 0 bridgehead atoms. The molecule has 0 amide bonds. The standard InChI is InChI=1S/C9H7F3N4/c10-9(11,12)6-1-2-14-3-5(6)7-4-15-8(13)16-7/h1-4H,(H3,13,15,16). The minimum atomic E-state index is -4.43. The SMILES string of the molecule is Nc1ncc(-c2cnccc2C(F)(F)F)[nH]1. The number of alkyl halides is 3. The predicted molar refractivity (Wildman–Crippen MR) is 51.2 cm³/mol. The number of nitrogen functional groups attached to an aromatic ring is 1. The third-order valence-corrected chi connectivity index (χ3v) is 2.01. The smallest absolute Gasteiger partial charge is 0.369 e. The lowest BCUT2D eigenvalue weighted by Gasteiger charge is -2.10. The number of nitrogens with one attached hydrogen (secondary N) is 1. The van der Waals surface area contributed by atoms with Crippen LogP contribution in [0.1, 0.15) is 5.56 Å². The van der Waals surface area contributed by atoms with Gasteiger partial charge >= 0.3 is 6.18 Å². The van der Waals surface area contributed by atoms with Crippen LogP contribution in [0.5, 0.6) is 0 Å². The van der Waals surface area contributed by atoms with Crippen LogP contribution in [0, 0.1) is 0 Å². The topological polar surface area (TPSA) is 67.6 Å². The molecule has 0 aromatic carbocycles. The summed E-state index contributed by atoms with van der Waals surface area (Å²) in [5, 5.41) is 0. The summed E-state index contributed by atoms with van der Waals surface area (Å²) in [5.74, 6) is 0.0620. The number of aromatic amines is 1. The molecule has 16 heavy (non-hydrogen) atoms. The molecule has 0 unspecified atom stereocenters. The Bertz CT molecular complexity index is 503. The van der Waals surface area contributed by atoms with Crippen LogP contribution in [0.4, 0.5) is 19.1 Å². The molecule has 7 heteroatoms. The van der Waals surface area contributed by atoms with E-state index in [1.807, 2.05) is 0 Å². The zero-order valence-electron chi connectivity index (χ0n) is 7.92. The third-order valence-electron chi connectivity index (χ3n) is 2.01. The van der Waals surface area contributed by atoms with Crippen molar-refractivity contribution in [1.82, 2.24) is 15.0 Å². The summed E-state index contributed by atoms with van der Waals surface area (Å²) >= 11 is 0. The van der Waals surface area contributed by atoms with Crippen LogP contribution in [0.15, 0.2) is 24.7 Å². The molecule has 0 fully saturated rings. The number of anilines is 1. The number of nitrogens with two attached hydrogens (primary N) is 1. The number of nitrogens with zero attached hydrogens (tertiary/aromatic N) is 2. The second-order valence-electron chi connectivity index (χ2n) is 3.10. The van der Waals surface area contributed by atoms with Crippen LogP contribution in [-0.4, -0.2) is 15.0 Å². The van der Waals surface area contributed by atoms with Crippen molar-refractivity contribution in [3.05, 3.63) is 30.2 Å². The maximum Gasteiger partial charge on any atom is 0.417 e. The van der Waals surface area contributed by atoms with Gasteiger partial charge in [0.2, 0.25) is 0 Å². The van der Waals surface area contributed by atoms with E-state index < -0.39 is 11.7 Å². The Morgan fingerprint density at radius 2 is 2.00 bits per heavy atom. The van der Waals surface area contributed by atoms with Gasteiger partial charge in [-0.15, -0.1) is 0 Å². The molecule has 2 aromatic heterocycles. The Balaban J connectivity index is 2.57. The van der Waals surface area contributed by atoms with Gasteiger partial charge in [-0.2, -0.15) is 13.2 Å². The highest BCUT2D eigenvalue weighted by Gasteiger charge is 2.33. The molecule has 0 saturated heterocycles. The average molecular weight is 228 g/mol. The molecule has 0 aliphatic rings. The van der Waals surface area contributed by atoms with Gasteiger partial charge in [-0.05, 0) is 6.07 Å². The summed E-state index contributed by atoms with van der Waals surface area (Å²) in [4.78, 5) is 9.83. The maximum atomic E-state index is 12.6. The molecule has 0 saturated carbocycles. The predicted octanol–water partition coefficient (Wildman–Crippen LogP) is 2.07. The highest BCUT2D eigenvalue weighted by Crippen LogP contribution is 2.35. The Morgan fingerprint density at radius 1 is 1.25 bits per heavy atom. The number of pyridine rings is 1. The Morgan fingerprint density at radius 3 is 2.56 bits per heavy atom. The van der Waals surface area contributed by atoms with E-state index in [-0.39, 0.29) is 17.2 Å². The van der Waals surface area contributed by atoms with Crippen LogP contribution in [0.3, 0.4) is 0 Å². The maximum absolute atomic E-state index is 12.6. The van der Waals surface area contributed by atoms with Crippen LogP contribution in [0.25, 0.3) is 11.3 Å². The van der Waals surface area contributed by atoms with Crippen LogP contribution in [0.2, 0.25) is 0 Å². The van der Waals surface area contributed by atoms with Gasteiger partial charge in [0.1, 0.15) is 0 Å². The normalized spacial score (nSPS) is 11.7. The number of imidazole rings is 1. The largest absolute Gasteiger partial charge is 0.417 e. The van der Waals surface area contributed by atoms with E-state index in [9.17, 15) is 13.2 Å². The van der Waals surface area contributed by atoms with Crippen LogP contribution in [-0.2, 0) is 6.18 Å². The fraction of sp³-hybridized carbons (Fsp3) is 0.111. The van der Waals surface area contributed by atoms with Gasteiger partial charge in [-0.25, -0.2) is 4.98 Å². The highest BCUT2D eigenvalue weighted by atomic mass is 19.4. The summed E-state index contributed by atoms with van der Waals surface area (Å²) in [6.07, 6.45) is -0.985. The molecule has 2 rings (SSSR count). The van der Waals surface area contributed by atoms with Gasteiger partial charge in [0.05, 0.1) is 17.5 Å². The van der Waals surface area contributed by atoms with Crippen molar-refractivity contribution in [1.29, 1.82) is 0 Å². The van der Waals surface area contributed by atoms with Gasteiger partial charge in [-0.3, -0.25) is 4.98 Å². The summed E-state index contributed by atoms with van der Waals surface area (Å²) < 4.78 is 37.9. The second-order valence-corrected chi connectivity index (χ2v) is 3.10. The van der Waals surface area contributed by atoms with Gasteiger partial charge in [-0.1, -0.05) is 0 Å². The lowest BCUT2D eigenvalue weighted by atomic mass is 10.1. The van der Waals surface area contributed by atoms with Crippen molar-refractivity contribution in [2.75, 3.05) is 5.73 Å². The molecule has 4 nitrogen and oxygen atoms in total. The Labute approximate surface area is 88.3 Å². The van der Waals surface area contributed by atoms with E-state index in [2.05, 4.69) is 15.0 Å². The first-order chi connectivity index (χ1) is 7.48. The molecule has 0 radical (unpaired) electrons. The molecule has 0 aliphatic carbocycles. The number of hydrogen-bond acceptors (Lipinski definition) is 3. The average Bonchev–Trinajstić information content (AvgIpc) is 2.64. The van der Waals surface area contributed by atoms with E-state index in [1.54, 1.807) is 0 Å². The number of hydrogen-bond donors (Lipinski definition) is 2. The molecule has 0 spiro atoms. The van der Waals surface area contributed by atoms with Crippen molar-refractivity contribution in [2.24, 2.45) is 0 Å². The van der Waals surface area contributed by atoms with Gasteiger partial charge in [0.25, 0.3) is 0 Å². The molecule has 0 aliphatic heterocycles. The van der Waals surface area contributed by atoms with E-state index in [0.717, 1.165) is 18.5 Å². The molecule has 84 valence electrons. The molecular weight excluding hydrogens is 221 g/mol. The first-order valence-electron chi connectivity index (χ1n) is 4.30. The summed E-state index contributed by atoms with van der Waals surface area (Å²) in [6.45, 7) is 0. The van der Waals surface area contributed by atoms with Gasteiger partial charge in [0.15, 0.2) is 5.95 Å². The molecule has 2 heterocycles. The van der Waals surface area contributed by atoms with Crippen LogP contribution >= 0.6 is 0 Å². The quantitative estimate of drug-likeness (QED) is 0.785. The van der Waals surface area contributed by atoms with Crippen molar-refractivity contribution in [3.8, 4) is 11.3 Å². The van der Waals surface area contributed by atoms with E-state index >= 15 is 0 Å². The number of aromatic nitrogens is 3. The third kappa shape index (κ3) is 1.83. The highest BCUT2D eigenvalue weighted by molar-refractivity contribution is 5.63. The van der Waals surface area contributed by atoms with E-state index in [0.29, 0.717) is 0 Å². The minimum absolute atomic E-state index is 0.0620. The lowest BCUT2D eigenvalue weighted by Crippen LogP contribution is -2.07. The van der Waals surface area contributed by atoms with E-state index in [4.69, 9.17) is 5.73 Å². The monoisotopic (exact) mass is 228 g/mol. The summed E-state index contributed by atoms with van der Waals surface area (Å²) in [5.41, 5.74) is 4.66. The molecule has 2 aromatic rings. The molecule has 3 N–H and O–H groups in total. The van der Waals surface area contributed by atoms with Crippen molar-refractivity contribution >= 4 is 5.95 Å². The second kappa shape index (κ2) is 3.51. The minimum Gasteiger partial charge on any atom is -0.369 e. The number of H-pyrrole nitrogens is 1. The lowest BCUT2D eigenvalue weighted by molar-refractivity contribution is -0.137. The number of rotatable bonds is 1. The van der Waals surface area contributed by atoms with E-state index in [1.165, 1.54) is 6.20 Å². The molecule has 0 atom stereocenters. The summed E-state index contributed by atoms with van der Waals surface area (Å²) in [7, 11) is 0.